The number of hydrogen-bond acceptors (Lipinski definition) is 5. The highest BCUT2D eigenvalue weighted by atomic mass is 16.5. The quantitative estimate of drug-likeness (QED) is 0.701. The van der Waals surface area contributed by atoms with Gasteiger partial charge in [-0.2, -0.15) is 0 Å². The van der Waals surface area contributed by atoms with Crippen molar-refractivity contribution >= 4 is 17.1 Å². The Hall–Kier alpha value is -1.99. The highest BCUT2D eigenvalue weighted by Gasteiger charge is 2.14. The van der Waals surface area contributed by atoms with E-state index in [4.69, 9.17) is 10.5 Å². The van der Waals surface area contributed by atoms with Crippen LogP contribution in [0.25, 0.3) is 11.2 Å². The van der Waals surface area contributed by atoms with Crippen LogP contribution in [-0.2, 0) is 22.6 Å². The summed E-state index contributed by atoms with van der Waals surface area (Å²) in [5.74, 6) is 0.437. The maximum atomic E-state index is 11.1. The van der Waals surface area contributed by atoms with Crippen LogP contribution in [0.15, 0.2) is 12.1 Å². The zero-order valence-corrected chi connectivity index (χ0v) is 13.3. The summed E-state index contributed by atoms with van der Waals surface area (Å²) in [5.41, 5.74) is 7.89. The van der Waals surface area contributed by atoms with E-state index in [2.05, 4.69) is 15.3 Å². The number of aromatic nitrogens is 3. The van der Waals surface area contributed by atoms with Crippen molar-refractivity contribution < 1.29 is 9.53 Å². The van der Waals surface area contributed by atoms with Crippen LogP contribution in [0.2, 0.25) is 0 Å². The van der Waals surface area contributed by atoms with Crippen molar-refractivity contribution in [3.8, 4) is 0 Å². The third-order valence-electron chi connectivity index (χ3n) is 3.47. The van der Waals surface area contributed by atoms with Crippen LogP contribution < -0.4 is 11.1 Å². The number of hydrogen-bond donors (Lipinski definition) is 2. The molecule has 0 bridgehead atoms. The zero-order chi connectivity index (χ0) is 16.1. The first kappa shape index (κ1) is 16.4. The summed E-state index contributed by atoms with van der Waals surface area (Å²) in [4.78, 5) is 20.3. The molecule has 3 N–H and O–H groups in total. The van der Waals surface area contributed by atoms with Crippen LogP contribution >= 0.6 is 0 Å². The lowest BCUT2D eigenvalue weighted by Crippen LogP contribution is -2.38. The maximum Gasteiger partial charge on any atom is 0.234 e. The molecular weight excluding hydrogens is 282 g/mol. The number of ether oxygens (including phenoxy) is 1. The predicted octanol–water partition coefficient (Wildman–Crippen LogP) is 0.740. The number of amides is 1. The second kappa shape index (κ2) is 7.33. The van der Waals surface area contributed by atoms with Crippen molar-refractivity contribution in [2.24, 2.45) is 5.73 Å². The Morgan fingerprint density at radius 1 is 1.45 bits per heavy atom. The standard InChI is InChI=1S/C15H23N5O2/c1-4-22-8-7-20-13(9-17-11(3)14(16)21)19-12-6-5-10(2)18-15(12)20/h5-6,11,17H,4,7-9H2,1-3H3,(H2,16,21)/t11-/m0/s1. The molecule has 2 heterocycles. The third kappa shape index (κ3) is 3.80. The van der Waals surface area contributed by atoms with E-state index in [9.17, 15) is 4.79 Å². The summed E-state index contributed by atoms with van der Waals surface area (Å²) in [7, 11) is 0. The van der Waals surface area contributed by atoms with Crippen LogP contribution in [0.4, 0.5) is 0 Å². The number of nitrogens with one attached hydrogen (secondary N) is 1. The van der Waals surface area contributed by atoms with E-state index in [0.717, 1.165) is 22.7 Å². The molecular formula is C15H23N5O2. The molecule has 0 aliphatic carbocycles. The number of nitrogens with two attached hydrogens (primary N) is 1. The minimum absolute atomic E-state index is 0.383. The normalized spacial score (nSPS) is 12.7. The Morgan fingerprint density at radius 3 is 2.91 bits per heavy atom. The average Bonchev–Trinajstić information content (AvgIpc) is 2.82. The van der Waals surface area contributed by atoms with Gasteiger partial charge in [0.25, 0.3) is 0 Å². The smallest absolute Gasteiger partial charge is 0.234 e. The van der Waals surface area contributed by atoms with Gasteiger partial charge in [-0.15, -0.1) is 0 Å². The minimum atomic E-state index is -0.408. The first-order valence-corrected chi connectivity index (χ1v) is 7.46. The van der Waals surface area contributed by atoms with Gasteiger partial charge >= 0.3 is 0 Å². The van der Waals surface area contributed by atoms with E-state index in [1.165, 1.54) is 0 Å². The van der Waals surface area contributed by atoms with Crippen molar-refractivity contribution in [2.45, 2.75) is 39.9 Å². The van der Waals surface area contributed by atoms with Gasteiger partial charge < -0.3 is 15.0 Å². The lowest BCUT2D eigenvalue weighted by molar-refractivity contribution is -0.119. The molecule has 0 spiro atoms. The largest absolute Gasteiger partial charge is 0.380 e. The van der Waals surface area contributed by atoms with Crippen molar-refractivity contribution in [1.29, 1.82) is 0 Å². The van der Waals surface area contributed by atoms with Gasteiger partial charge in [-0.25, -0.2) is 9.97 Å². The molecule has 1 amide bonds. The Kier molecular flexibility index (Phi) is 5.46. The van der Waals surface area contributed by atoms with Crippen LogP contribution in [0, 0.1) is 6.92 Å². The predicted molar refractivity (Wildman–Crippen MR) is 84.3 cm³/mol. The van der Waals surface area contributed by atoms with Crippen molar-refractivity contribution in [1.82, 2.24) is 19.9 Å². The number of nitrogens with zero attached hydrogens (tertiary/aromatic N) is 3. The fraction of sp³-hybridized carbons (Fsp3) is 0.533. The van der Waals surface area contributed by atoms with Gasteiger partial charge in [0.05, 0.1) is 19.2 Å². The van der Waals surface area contributed by atoms with Gasteiger partial charge in [0.15, 0.2) is 5.65 Å². The van der Waals surface area contributed by atoms with Crippen LogP contribution in [-0.4, -0.2) is 39.7 Å². The molecule has 7 heteroatoms. The summed E-state index contributed by atoms with van der Waals surface area (Å²) in [5, 5.41) is 3.08. The molecule has 0 aromatic carbocycles. The molecule has 0 radical (unpaired) electrons. The Morgan fingerprint density at radius 2 is 2.23 bits per heavy atom. The van der Waals surface area contributed by atoms with Crippen molar-refractivity contribution in [2.75, 3.05) is 13.2 Å². The number of fused-ring (bicyclic) bond motifs is 1. The van der Waals surface area contributed by atoms with Crippen LogP contribution in [0.1, 0.15) is 25.4 Å². The van der Waals surface area contributed by atoms with Gasteiger partial charge in [0, 0.05) is 18.8 Å². The third-order valence-corrected chi connectivity index (χ3v) is 3.47. The van der Waals surface area contributed by atoms with Crippen LogP contribution in [0.3, 0.4) is 0 Å². The topological polar surface area (TPSA) is 95.1 Å². The van der Waals surface area contributed by atoms with Crippen molar-refractivity contribution in [3.63, 3.8) is 0 Å². The lowest BCUT2D eigenvalue weighted by Gasteiger charge is -2.12. The maximum absolute atomic E-state index is 11.1. The number of primary amides is 1. The number of carbonyl (C=O) groups is 1. The van der Waals surface area contributed by atoms with Gasteiger partial charge in [-0.05, 0) is 32.9 Å². The Balaban J connectivity index is 2.26. The molecule has 1 atom stereocenters. The van der Waals surface area contributed by atoms with E-state index in [1.54, 1.807) is 6.92 Å². The average molecular weight is 305 g/mol. The highest BCUT2D eigenvalue weighted by Crippen LogP contribution is 2.15. The summed E-state index contributed by atoms with van der Waals surface area (Å²) in [6, 6.07) is 3.48. The molecule has 0 aliphatic heterocycles. The van der Waals surface area contributed by atoms with E-state index in [0.29, 0.717) is 26.3 Å². The number of carbonyl (C=O) groups excluding carboxylic acids is 1. The number of aryl methyl sites for hydroxylation is 1. The fourth-order valence-corrected chi connectivity index (χ4v) is 2.16. The molecule has 0 fully saturated rings. The molecule has 0 saturated carbocycles. The number of rotatable bonds is 8. The molecule has 0 saturated heterocycles. The Labute approximate surface area is 129 Å². The van der Waals surface area contributed by atoms with E-state index >= 15 is 0 Å². The number of pyridine rings is 1. The second-order valence-corrected chi connectivity index (χ2v) is 5.18. The summed E-state index contributed by atoms with van der Waals surface area (Å²) in [6.45, 7) is 8.03. The molecule has 120 valence electrons. The van der Waals surface area contributed by atoms with Gasteiger partial charge in [-0.3, -0.25) is 10.1 Å². The van der Waals surface area contributed by atoms with Crippen LogP contribution in [0.5, 0.6) is 0 Å². The molecule has 2 aromatic heterocycles. The summed E-state index contributed by atoms with van der Waals surface area (Å²) >= 11 is 0. The molecule has 7 nitrogen and oxygen atoms in total. The molecule has 0 unspecified atom stereocenters. The van der Waals surface area contributed by atoms with E-state index < -0.39 is 6.04 Å². The van der Waals surface area contributed by atoms with Crippen molar-refractivity contribution in [3.05, 3.63) is 23.7 Å². The molecule has 2 rings (SSSR count). The van der Waals surface area contributed by atoms with E-state index in [1.807, 2.05) is 30.5 Å². The van der Waals surface area contributed by atoms with Gasteiger partial charge in [0.2, 0.25) is 5.91 Å². The zero-order valence-electron chi connectivity index (χ0n) is 13.3. The first-order valence-electron chi connectivity index (χ1n) is 7.46. The monoisotopic (exact) mass is 305 g/mol. The number of imidazole rings is 1. The summed E-state index contributed by atoms with van der Waals surface area (Å²) in [6.07, 6.45) is 0. The second-order valence-electron chi connectivity index (χ2n) is 5.18. The first-order chi connectivity index (χ1) is 10.5. The summed E-state index contributed by atoms with van der Waals surface area (Å²) < 4.78 is 7.46. The molecule has 0 aliphatic rings. The lowest BCUT2D eigenvalue weighted by atomic mass is 10.3. The SMILES string of the molecule is CCOCCn1c(CN[C@@H](C)C(N)=O)nc2ccc(C)nc21. The van der Waals surface area contributed by atoms with Gasteiger partial charge in [-0.1, -0.05) is 0 Å². The molecule has 2 aromatic rings. The van der Waals surface area contributed by atoms with E-state index in [-0.39, 0.29) is 5.91 Å². The fourth-order valence-electron chi connectivity index (χ4n) is 2.16. The Bertz CT molecular complexity index is 653. The molecule has 22 heavy (non-hydrogen) atoms. The highest BCUT2D eigenvalue weighted by molar-refractivity contribution is 5.79. The minimum Gasteiger partial charge on any atom is -0.380 e. The van der Waals surface area contributed by atoms with Gasteiger partial charge in [0.1, 0.15) is 11.3 Å².